The van der Waals surface area contributed by atoms with Gasteiger partial charge in [-0.05, 0) is 57.5 Å². The summed E-state index contributed by atoms with van der Waals surface area (Å²) in [5, 5.41) is 8.07. The van der Waals surface area contributed by atoms with Gasteiger partial charge in [-0.15, -0.1) is 0 Å². The molecule has 2 aromatic carbocycles. The lowest BCUT2D eigenvalue weighted by Crippen LogP contribution is -2.39. The lowest BCUT2D eigenvalue weighted by atomic mass is 10.1. The lowest BCUT2D eigenvalue weighted by molar-refractivity contribution is -0.123. The first-order chi connectivity index (χ1) is 14.7. The molecule has 0 fully saturated rings. The Morgan fingerprint density at radius 1 is 0.935 bits per heavy atom. The summed E-state index contributed by atoms with van der Waals surface area (Å²) < 4.78 is 5.23. The van der Waals surface area contributed by atoms with Gasteiger partial charge in [0.1, 0.15) is 0 Å². The second-order valence-electron chi connectivity index (χ2n) is 7.35. The van der Waals surface area contributed by atoms with E-state index in [9.17, 15) is 19.2 Å². The first kappa shape index (κ1) is 23.6. The number of carbonyl (C=O) groups excluding carboxylic acids is 4. The van der Waals surface area contributed by atoms with Crippen LogP contribution >= 0.6 is 0 Å². The highest BCUT2D eigenvalue weighted by molar-refractivity contribution is 5.99. The number of carbonyl (C=O) groups is 4. The summed E-state index contributed by atoms with van der Waals surface area (Å²) in [5.41, 5.74) is 2.01. The van der Waals surface area contributed by atoms with E-state index in [4.69, 9.17) is 4.74 Å². The largest absolute Gasteiger partial charge is 0.449 e. The summed E-state index contributed by atoms with van der Waals surface area (Å²) in [6.45, 7) is 6.95. The van der Waals surface area contributed by atoms with E-state index in [2.05, 4.69) is 16.0 Å². The van der Waals surface area contributed by atoms with Gasteiger partial charge in [0, 0.05) is 23.8 Å². The van der Waals surface area contributed by atoms with Gasteiger partial charge in [0.2, 0.25) is 0 Å². The number of anilines is 1. The van der Waals surface area contributed by atoms with Crippen LogP contribution in [0.5, 0.6) is 0 Å². The zero-order valence-electron chi connectivity index (χ0n) is 18.0. The second kappa shape index (κ2) is 10.9. The van der Waals surface area contributed by atoms with Crippen LogP contribution in [0.3, 0.4) is 0 Å². The van der Waals surface area contributed by atoms with Gasteiger partial charge in [0.15, 0.2) is 11.9 Å². The van der Waals surface area contributed by atoms with E-state index >= 15 is 0 Å². The molecule has 0 bridgehead atoms. The zero-order chi connectivity index (χ0) is 23.0. The van der Waals surface area contributed by atoms with Crippen LogP contribution in [0.1, 0.15) is 54.0 Å². The molecule has 0 saturated heterocycles. The summed E-state index contributed by atoms with van der Waals surface area (Å²) in [6.07, 6.45) is -1.03. The molecule has 3 amide bonds. The van der Waals surface area contributed by atoms with Crippen molar-refractivity contribution in [3.63, 3.8) is 0 Å². The zero-order valence-corrected chi connectivity index (χ0v) is 18.0. The van der Waals surface area contributed by atoms with Crippen molar-refractivity contribution in [2.75, 3.05) is 5.32 Å². The summed E-state index contributed by atoms with van der Waals surface area (Å²) in [7, 11) is 0. The fourth-order valence-electron chi connectivity index (χ4n) is 2.60. The fraction of sp³-hybridized carbons (Fsp3) is 0.304. The van der Waals surface area contributed by atoms with E-state index in [-0.39, 0.29) is 23.4 Å². The second-order valence-corrected chi connectivity index (χ2v) is 7.35. The summed E-state index contributed by atoms with van der Waals surface area (Å²) in [6, 6.07) is 12.8. The van der Waals surface area contributed by atoms with Gasteiger partial charge < -0.3 is 20.7 Å². The molecule has 0 saturated carbocycles. The molecule has 2 rings (SSSR count). The number of hydrogen-bond donors (Lipinski definition) is 3. The van der Waals surface area contributed by atoms with Gasteiger partial charge in [-0.25, -0.2) is 9.59 Å². The van der Waals surface area contributed by atoms with Crippen molar-refractivity contribution in [3.8, 4) is 0 Å². The molecule has 0 aliphatic rings. The molecular formula is C23H27N3O5. The molecular weight excluding hydrogens is 398 g/mol. The van der Waals surface area contributed by atoms with E-state index in [0.717, 1.165) is 5.56 Å². The number of ether oxygens (including phenoxy) is 1. The molecule has 0 radical (unpaired) electrons. The molecule has 3 N–H and O–H groups in total. The maximum Gasteiger partial charge on any atom is 0.338 e. The van der Waals surface area contributed by atoms with Gasteiger partial charge in [-0.3, -0.25) is 9.59 Å². The number of rotatable bonds is 8. The number of urea groups is 1. The summed E-state index contributed by atoms with van der Waals surface area (Å²) in [4.78, 5) is 47.7. The smallest absolute Gasteiger partial charge is 0.338 e. The predicted molar refractivity (Wildman–Crippen MR) is 117 cm³/mol. The third-order valence-corrected chi connectivity index (χ3v) is 4.25. The van der Waals surface area contributed by atoms with Crippen LogP contribution in [0.4, 0.5) is 10.5 Å². The highest BCUT2D eigenvalue weighted by Gasteiger charge is 2.19. The van der Waals surface area contributed by atoms with Crippen molar-refractivity contribution in [1.82, 2.24) is 10.6 Å². The Kier molecular flexibility index (Phi) is 8.31. The maximum absolute atomic E-state index is 12.3. The molecule has 8 heteroatoms. The topological polar surface area (TPSA) is 114 Å². The van der Waals surface area contributed by atoms with Crippen molar-refractivity contribution in [1.29, 1.82) is 0 Å². The SMILES string of the molecule is CC(=O)c1cccc(NC(=O)C(C)OC(=O)c2ccc(CNC(=O)NC(C)C)cc2)c1. The third-order valence-electron chi connectivity index (χ3n) is 4.25. The Morgan fingerprint density at radius 2 is 1.61 bits per heavy atom. The van der Waals surface area contributed by atoms with E-state index in [1.54, 1.807) is 48.5 Å². The first-order valence-electron chi connectivity index (χ1n) is 9.92. The van der Waals surface area contributed by atoms with Crippen LogP contribution in [0.25, 0.3) is 0 Å². The Balaban J connectivity index is 1.89. The number of hydrogen-bond acceptors (Lipinski definition) is 5. The first-order valence-corrected chi connectivity index (χ1v) is 9.92. The molecule has 164 valence electrons. The van der Waals surface area contributed by atoms with Crippen LogP contribution in [-0.4, -0.2) is 35.8 Å². The van der Waals surface area contributed by atoms with Crippen molar-refractivity contribution in [3.05, 3.63) is 65.2 Å². The van der Waals surface area contributed by atoms with Crippen molar-refractivity contribution >= 4 is 29.4 Å². The molecule has 0 aromatic heterocycles. The van der Waals surface area contributed by atoms with Crippen LogP contribution in [0.2, 0.25) is 0 Å². The number of ketones is 1. The summed E-state index contributed by atoms with van der Waals surface area (Å²) in [5.74, 6) is -1.27. The number of amides is 3. The number of benzene rings is 2. The van der Waals surface area contributed by atoms with Gasteiger partial charge in [-0.1, -0.05) is 24.3 Å². The van der Waals surface area contributed by atoms with E-state index in [1.807, 2.05) is 13.8 Å². The van der Waals surface area contributed by atoms with Gasteiger partial charge >= 0.3 is 12.0 Å². The molecule has 8 nitrogen and oxygen atoms in total. The minimum atomic E-state index is -1.03. The molecule has 0 aliphatic carbocycles. The van der Waals surface area contributed by atoms with Crippen LogP contribution in [0, 0.1) is 0 Å². The van der Waals surface area contributed by atoms with Crippen LogP contribution in [0.15, 0.2) is 48.5 Å². The van der Waals surface area contributed by atoms with Gasteiger partial charge in [0.05, 0.1) is 5.56 Å². The third kappa shape index (κ3) is 7.58. The number of Topliss-reactive ketones (excluding diaryl/α,β-unsaturated/α-hetero) is 1. The Hall–Kier alpha value is -3.68. The average Bonchev–Trinajstić information content (AvgIpc) is 2.72. The minimum Gasteiger partial charge on any atom is -0.449 e. The van der Waals surface area contributed by atoms with Crippen molar-refractivity contribution in [2.45, 2.75) is 46.4 Å². The normalized spacial score (nSPS) is 11.4. The quantitative estimate of drug-likeness (QED) is 0.444. The molecule has 31 heavy (non-hydrogen) atoms. The Labute approximate surface area is 181 Å². The fourth-order valence-corrected chi connectivity index (χ4v) is 2.60. The average molecular weight is 425 g/mol. The Morgan fingerprint density at radius 3 is 2.23 bits per heavy atom. The van der Waals surface area contributed by atoms with E-state index < -0.39 is 18.0 Å². The lowest BCUT2D eigenvalue weighted by Gasteiger charge is -2.14. The number of nitrogens with one attached hydrogen (secondary N) is 3. The Bertz CT molecular complexity index is 954. The van der Waals surface area contributed by atoms with E-state index in [0.29, 0.717) is 17.8 Å². The van der Waals surface area contributed by atoms with Crippen molar-refractivity contribution < 1.29 is 23.9 Å². The minimum absolute atomic E-state index is 0.0365. The standard InChI is InChI=1S/C23H27N3O5/c1-14(2)25-23(30)24-13-17-8-10-18(11-9-17)22(29)31-16(4)21(28)26-20-7-5-6-19(12-20)15(3)27/h5-12,14,16H,13H2,1-4H3,(H,26,28)(H2,24,25,30). The van der Waals surface area contributed by atoms with Gasteiger partial charge in [0.25, 0.3) is 5.91 Å². The molecule has 0 aliphatic heterocycles. The molecule has 0 spiro atoms. The summed E-state index contributed by atoms with van der Waals surface area (Å²) >= 11 is 0. The van der Waals surface area contributed by atoms with Crippen molar-refractivity contribution in [2.24, 2.45) is 0 Å². The van der Waals surface area contributed by atoms with E-state index in [1.165, 1.54) is 13.8 Å². The predicted octanol–water partition coefficient (Wildman–Crippen LogP) is 3.28. The highest BCUT2D eigenvalue weighted by Crippen LogP contribution is 2.13. The molecule has 0 heterocycles. The van der Waals surface area contributed by atoms with Crippen LogP contribution in [-0.2, 0) is 16.1 Å². The maximum atomic E-state index is 12.3. The molecule has 1 unspecified atom stereocenters. The monoisotopic (exact) mass is 425 g/mol. The molecule has 1 atom stereocenters. The van der Waals surface area contributed by atoms with Crippen LogP contribution < -0.4 is 16.0 Å². The number of esters is 1. The van der Waals surface area contributed by atoms with Gasteiger partial charge in [-0.2, -0.15) is 0 Å². The highest BCUT2D eigenvalue weighted by atomic mass is 16.5. The molecule has 2 aromatic rings.